The average Bonchev–Trinajstić information content (AvgIpc) is 2.47. The molecule has 4 nitrogen and oxygen atoms in total. The van der Waals surface area contributed by atoms with Crippen molar-refractivity contribution in [3.63, 3.8) is 0 Å². The fourth-order valence-corrected chi connectivity index (χ4v) is 2.76. The minimum atomic E-state index is -0.0350. The number of halogens is 1. The van der Waals surface area contributed by atoms with Crippen LogP contribution in [-0.2, 0) is 13.1 Å². The van der Waals surface area contributed by atoms with Gasteiger partial charge in [-0.15, -0.1) is 0 Å². The predicted octanol–water partition coefficient (Wildman–Crippen LogP) is 3.49. The molecule has 0 bridgehead atoms. The second-order valence-corrected chi connectivity index (χ2v) is 5.61. The second kappa shape index (κ2) is 5.30. The van der Waals surface area contributed by atoms with E-state index in [4.69, 9.17) is 17.3 Å². The predicted molar refractivity (Wildman–Crippen MR) is 85.4 cm³/mol. The summed E-state index contributed by atoms with van der Waals surface area (Å²) in [6.07, 6.45) is 0. The van der Waals surface area contributed by atoms with Gasteiger partial charge in [0.1, 0.15) is 0 Å². The van der Waals surface area contributed by atoms with Crippen LogP contribution in [0.15, 0.2) is 42.5 Å². The zero-order valence-electron chi connectivity index (χ0n) is 11.7. The monoisotopic (exact) mass is 301 g/mol. The fourth-order valence-electron chi connectivity index (χ4n) is 2.58. The maximum Gasteiger partial charge on any atom is 0.324 e. The molecule has 0 aliphatic carbocycles. The van der Waals surface area contributed by atoms with Crippen LogP contribution in [0.1, 0.15) is 11.1 Å². The summed E-state index contributed by atoms with van der Waals surface area (Å²) in [6.45, 7) is 1.03. The van der Waals surface area contributed by atoms with Crippen molar-refractivity contribution in [3.8, 4) is 0 Å². The molecule has 0 unspecified atom stereocenters. The number of nitrogens with two attached hydrogens (primary N) is 1. The molecular weight excluding hydrogens is 286 g/mol. The van der Waals surface area contributed by atoms with Gasteiger partial charge in [0.2, 0.25) is 0 Å². The van der Waals surface area contributed by atoms with E-state index in [0.717, 1.165) is 16.8 Å². The standard InChI is InChI=1S/C16H16ClN3O/c1-19-9-11-4-2-3-5-15(11)20(16(19)21)10-12-8-13(18)6-7-14(12)17/h2-8H,9-10,18H2,1H3. The van der Waals surface area contributed by atoms with Gasteiger partial charge in [-0.3, -0.25) is 4.90 Å². The molecular formula is C16H16ClN3O. The van der Waals surface area contributed by atoms with Crippen LogP contribution in [0.4, 0.5) is 16.2 Å². The van der Waals surface area contributed by atoms with E-state index >= 15 is 0 Å². The van der Waals surface area contributed by atoms with Gasteiger partial charge in [-0.25, -0.2) is 4.79 Å². The fraction of sp³-hybridized carbons (Fsp3) is 0.188. The van der Waals surface area contributed by atoms with Crippen molar-refractivity contribution < 1.29 is 4.79 Å². The molecule has 0 saturated carbocycles. The zero-order valence-corrected chi connectivity index (χ0v) is 12.5. The van der Waals surface area contributed by atoms with E-state index in [2.05, 4.69) is 0 Å². The van der Waals surface area contributed by atoms with Gasteiger partial charge in [-0.05, 0) is 35.4 Å². The lowest BCUT2D eigenvalue weighted by molar-refractivity contribution is 0.210. The third-order valence-corrected chi connectivity index (χ3v) is 4.01. The highest BCUT2D eigenvalue weighted by Crippen LogP contribution is 2.30. The van der Waals surface area contributed by atoms with E-state index in [9.17, 15) is 4.79 Å². The molecule has 0 fully saturated rings. The first kappa shape index (κ1) is 13.8. The second-order valence-electron chi connectivity index (χ2n) is 5.20. The quantitative estimate of drug-likeness (QED) is 0.863. The van der Waals surface area contributed by atoms with E-state index in [-0.39, 0.29) is 6.03 Å². The van der Waals surface area contributed by atoms with Crippen molar-refractivity contribution >= 4 is 29.0 Å². The Morgan fingerprint density at radius 2 is 2.00 bits per heavy atom. The highest BCUT2D eigenvalue weighted by Gasteiger charge is 2.28. The largest absolute Gasteiger partial charge is 0.399 e. The number of benzene rings is 2. The summed E-state index contributed by atoms with van der Waals surface area (Å²) < 4.78 is 0. The average molecular weight is 302 g/mol. The number of nitrogens with zero attached hydrogens (tertiary/aromatic N) is 2. The number of carbonyl (C=O) groups is 1. The van der Waals surface area contributed by atoms with Crippen LogP contribution in [-0.4, -0.2) is 18.0 Å². The maximum absolute atomic E-state index is 12.5. The van der Waals surface area contributed by atoms with E-state index in [1.165, 1.54) is 0 Å². The Labute approximate surface area is 128 Å². The first-order valence-electron chi connectivity index (χ1n) is 6.70. The SMILES string of the molecule is CN1Cc2ccccc2N(Cc2cc(N)ccc2Cl)C1=O. The molecule has 2 amide bonds. The number of urea groups is 1. The Balaban J connectivity index is 2.01. The van der Waals surface area contributed by atoms with Crippen molar-refractivity contribution in [3.05, 3.63) is 58.6 Å². The van der Waals surface area contributed by atoms with Gasteiger partial charge < -0.3 is 10.6 Å². The molecule has 2 N–H and O–H groups in total. The summed E-state index contributed by atoms with van der Waals surface area (Å²) >= 11 is 6.22. The lowest BCUT2D eigenvalue weighted by Crippen LogP contribution is -2.44. The zero-order chi connectivity index (χ0) is 15.0. The van der Waals surface area contributed by atoms with E-state index in [1.807, 2.05) is 30.3 Å². The van der Waals surface area contributed by atoms with E-state index in [0.29, 0.717) is 23.8 Å². The summed E-state index contributed by atoms with van der Waals surface area (Å²) in [7, 11) is 1.80. The summed E-state index contributed by atoms with van der Waals surface area (Å²) in [6, 6.07) is 13.2. The highest BCUT2D eigenvalue weighted by molar-refractivity contribution is 6.31. The number of fused-ring (bicyclic) bond motifs is 1. The van der Waals surface area contributed by atoms with Gasteiger partial charge in [0.05, 0.1) is 12.2 Å². The molecule has 5 heteroatoms. The van der Waals surface area contributed by atoms with Crippen LogP contribution in [0.5, 0.6) is 0 Å². The number of rotatable bonds is 2. The normalized spacial score (nSPS) is 14.3. The molecule has 1 heterocycles. The van der Waals surface area contributed by atoms with Gasteiger partial charge in [0.15, 0.2) is 0 Å². The van der Waals surface area contributed by atoms with Gasteiger partial charge in [0, 0.05) is 24.3 Å². The van der Waals surface area contributed by atoms with Crippen molar-refractivity contribution in [2.75, 3.05) is 17.7 Å². The van der Waals surface area contributed by atoms with Crippen LogP contribution >= 0.6 is 11.6 Å². The number of nitrogen functional groups attached to an aromatic ring is 1. The molecule has 108 valence electrons. The molecule has 2 aromatic carbocycles. The van der Waals surface area contributed by atoms with Crippen LogP contribution in [0.2, 0.25) is 5.02 Å². The number of anilines is 2. The first-order chi connectivity index (χ1) is 10.1. The number of amides is 2. The van der Waals surface area contributed by atoms with Crippen molar-refractivity contribution in [2.45, 2.75) is 13.1 Å². The number of para-hydroxylation sites is 1. The molecule has 0 atom stereocenters. The van der Waals surface area contributed by atoms with E-state index < -0.39 is 0 Å². The summed E-state index contributed by atoms with van der Waals surface area (Å²) in [5.74, 6) is 0. The van der Waals surface area contributed by atoms with Gasteiger partial charge in [0.25, 0.3) is 0 Å². The number of hydrogen-bond acceptors (Lipinski definition) is 2. The molecule has 21 heavy (non-hydrogen) atoms. The Hall–Kier alpha value is -2.20. The molecule has 0 radical (unpaired) electrons. The number of carbonyl (C=O) groups excluding carboxylic acids is 1. The van der Waals surface area contributed by atoms with Crippen LogP contribution in [0.25, 0.3) is 0 Å². The Morgan fingerprint density at radius 1 is 1.24 bits per heavy atom. The Morgan fingerprint density at radius 3 is 2.81 bits per heavy atom. The van der Waals surface area contributed by atoms with Crippen molar-refractivity contribution in [2.24, 2.45) is 0 Å². The summed E-state index contributed by atoms with van der Waals surface area (Å²) in [4.78, 5) is 15.9. The minimum absolute atomic E-state index is 0.0350. The molecule has 0 saturated heterocycles. The third-order valence-electron chi connectivity index (χ3n) is 3.65. The molecule has 0 aromatic heterocycles. The van der Waals surface area contributed by atoms with Gasteiger partial charge in [-0.2, -0.15) is 0 Å². The Bertz CT molecular complexity index is 702. The Kier molecular flexibility index (Phi) is 3.47. The van der Waals surface area contributed by atoms with Crippen molar-refractivity contribution in [1.29, 1.82) is 0 Å². The topological polar surface area (TPSA) is 49.6 Å². The first-order valence-corrected chi connectivity index (χ1v) is 7.08. The van der Waals surface area contributed by atoms with Crippen molar-refractivity contribution in [1.82, 2.24) is 4.90 Å². The molecule has 3 rings (SSSR count). The molecule has 1 aliphatic rings. The molecule has 2 aromatic rings. The lowest BCUT2D eigenvalue weighted by atomic mass is 10.1. The molecule has 1 aliphatic heterocycles. The van der Waals surface area contributed by atoms with Crippen LogP contribution in [0, 0.1) is 0 Å². The molecule has 0 spiro atoms. The van der Waals surface area contributed by atoms with Crippen LogP contribution < -0.4 is 10.6 Å². The maximum atomic E-state index is 12.5. The third kappa shape index (κ3) is 2.54. The highest BCUT2D eigenvalue weighted by atomic mass is 35.5. The number of hydrogen-bond donors (Lipinski definition) is 1. The van der Waals surface area contributed by atoms with Gasteiger partial charge in [-0.1, -0.05) is 29.8 Å². The minimum Gasteiger partial charge on any atom is -0.399 e. The summed E-state index contributed by atoms with van der Waals surface area (Å²) in [5, 5.41) is 0.614. The van der Waals surface area contributed by atoms with Gasteiger partial charge >= 0.3 is 6.03 Å². The summed E-state index contributed by atoms with van der Waals surface area (Å²) in [5.41, 5.74) is 9.35. The lowest BCUT2D eigenvalue weighted by Gasteiger charge is -2.35. The smallest absolute Gasteiger partial charge is 0.324 e. The van der Waals surface area contributed by atoms with E-state index in [1.54, 1.807) is 29.0 Å². The van der Waals surface area contributed by atoms with Crippen LogP contribution in [0.3, 0.4) is 0 Å².